The van der Waals surface area contributed by atoms with Crippen LogP contribution in [0.25, 0.3) is 11.0 Å². The third-order valence-corrected chi connectivity index (χ3v) is 6.52. The highest BCUT2D eigenvalue weighted by Crippen LogP contribution is 2.41. The SMILES string of the molecule is COc1ccc(C2SCCN2C(=O)c2cc3cc(Br)ccc3oc2=O)cc1OC. The number of amides is 1. The maximum atomic E-state index is 13.2. The van der Waals surface area contributed by atoms with Crippen LogP contribution in [0, 0.1) is 0 Å². The topological polar surface area (TPSA) is 69.0 Å². The predicted molar refractivity (Wildman–Crippen MR) is 116 cm³/mol. The molecule has 4 rings (SSSR count). The Bertz CT molecular complexity index is 1150. The lowest BCUT2D eigenvalue weighted by molar-refractivity contribution is 0.0756. The molecular formula is C21H18BrNO5S. The van der Waals surface area contributed by atoms with E-state index < -0.39 is 5.63 Å². The van der Waals surface area contributed by atoms with Gasteiger partial charge in [0.1, 0.15) is 16.5 Å². The average Bonchev–Trinajstić information content (AvgIpc) is 3.22. The number of hydrogen-bond acceptors (Lipinski definition) is 6. The quantitative estimate of drug-likeness (QED) is 0.518. The zero-order chi connectivity index (χ0) is 20.5. The first-order valence-corrected chi connectivity index (χ1v) is 10.7. The van der Waals surface area contributed by atoms with Crippen molar-refractivity contribution in [2.45, 2.75) is 5.37 Å². The van der Waals surface area contributed by atoms with Gasteiger partial charge in [-0.2, -0.15) is 0 Å². The van der Waals surface area contributed by atoms with Gasteiger partial charge >= 0.3 is 5.63 Å². The summed E-state index contributed by atoms with van der Waals surface area (Å²) in [4.78, 5) is 27.4. The summed E-state index contributed by atoms with van der Waals surface area (Å²) >= 11 is 5.04. The second-order valence-electron chi connectivity index (χ2n) is 6.47. The number of carbonyl (C=O) groups is 1. The van der Waals surface area contributed by atoms with Gasteiger partial charge < -0.3 is 18.8 Å². The molecule has 2 aromatic carbocycles. The largest absolute Gasteiger partial charge is 0.493 e. The fourth-order valence-electron chi connectivity index (χ4n) is 3.36. The molecule has 1 aromatic heterocycles. The van der Waals surface area contributed by atoms with Crippen molar-refractivity contribution in [3.8, 4) is 11.5 Å². The Balaban J connectivity index is 1.70. The molecule has 8 heteroatoms. The van der Waals surface area contributed by atoms with Gasteiger partial charge in [0.05, 0.1) is 14.2 Å². The summed E-state index contributed by atoms with van der Waals surface area (Å²) in [5, 5.41) is 0.469. The van der Waals surface area contributed by atoms with E-state index in [1.807, 2.05) is 24.3 Å². The average molecular weight is 476 g/mol. The van der Waals surface area contributed by atoms with Gasteiger partial charge in [-0.3, -0.25) is 4.79 Å². The van der Waals surface area contributed by atoms with E-state index in [2.05, 4.69) is 15.9 Å². The molecule has 0 radical (unpaired) electrons. The molecule has 2 heterocycles. The number of carbonyl (C=O) groups excluding carboxylic acids is 1. The van der Waals surface area contributed by atoms with Crippen LogP contribution in [0.5, 0.6) is 11.5 Å². The van der Waals surface area contributed by atoms with Crippen LogP contribution in [0.2, 0.25) is 0 Å². The minimum atomic E-state index is -0.632. The van der Waals surface area contributed by atoms with E-state index in [9.17, 15) is 9.59 Å². The van der Waals surface area contributed by atoms with Gasteiger partial charge in [0, 0.05) is 22.2 Å². The molecule has 0 spiro atoms. The molecule has 150 valence electrons. The summed E-state index contributed by atoms with van der Waals surface area (Å²) in [5.74, 6) is 1.65. The van der Waals surface area contributed by atoms with Crippen molar-refractivity contribution in [2.75, 3.05) is 26.5 Å². The predicted octanol–water partition coefficient (Wildman–Crippen LogP) is 4.46. The number of halogens is 1. The lowest BCUT2D eigenvalue weighted by Gasteiger charge is -2.24. The van der Waals surface area contributed by atoms with Gasteiger partial charge in [-0.1, -0.05) is 22.0 Å². The summed E-state index contributed by atoms with van der Waals surface area (Å²) in [6.45, 7) is 0.540. The van der Waals surface area contributed by atoms with Crippen LogP contribution in [0.15, 0.2) is 56.1 Å². The normalized spacial score (nSPS) is 16.2. The number of nitrogens with zero attached hydrogens (tertiary/aromatic N) is 1. The van der Waals surface area contributed by atoms with E-state index in [0.717, 1.165) is 15.8 Å². The zero-order valence-electron chi connectivity index (χ0n) is 15.8. The van der Waals surface area contributed by atoms with Gasteiger partial charge in [-0.15, -0.1) is 11.8 Å². The molecule has 1 saturated heterocycles. The van der Waals surface area contributed by atoms with Gasteiger partial charge in [-0.05, 0) is 42.0 Å². The molecule has 0 saturated carbocycles. The van der Waals surface area contributed by atoms with Crippen LogP contribution in [0.3, 0.4) is 0 Å². The second kappa shape index (κ2) is 8.12. The van der Waals surface area contributed by atoms with Crippen LogP contribution >= 0.6 is 27.7 Å². The van der Waals surface area contributed by atoms with Gasteiger partial charge in [0.2, 0.25) is 0 Å². The summed E-state index contributed by atoms with van der Waals surface area (Å²) in [5.41, 5.74) is 0.754. The number of rotatable bonds is 4. The van der Waals surface area contributed by atoms with Crippen molar-refractivity contribution >= 4 is 44.6 Å². The molecule has 1 unspecified atom stereocenters. The molecule has 0 aliphatic carbocycles. The highest BCUT2D eigenvalue weighted by Gasteiger charge is 2.33. The Morgan fingerprint density at radius 1 is 1.14 bits per heavy atom. The molecule has 6 nitrogen and oxygen atoms in total. The third-order valence-electron chi connectivity index (χ3n) is 4.77. The maximum Gasteiger partial charge on any atom is 0.349 e. The molecule has 1 atom stereocenters. The Labute approximate surface area is 179 Å². The number of fused-ring (bicyclic) bond motifs is 1. The third kappa shape index (κ3) is 3.74. The van der Waals surface area contributed by atoms with E-state index in [4.69, 9.17) is 13.9 Å². The lowest BCUT2D eigenvalue weighted by Crippen LogP contribution is -2.33. The molecule has 0 bridgehead atoms. The minimum absolute atomic E-state index is 0.0311. The van der Waals surface area contributed by atoms with Crippen LogP contribution in [-0.4, -0.2) is 37.3 Å². The first-order valence-electron chi connectivity index (χ1n) is 8.89. The number of benzene rings is 2. The molecule has 1 aliphatic heterocycles. The van der Waals surface area contributed by atoms with E-state index in [0.29, 0.717) is 29.0 Å². The van der Waals surface area contributed by atoms with Gasteiger partial charge in [-0.25, -0.2) is 4.79 Å². The van der Waals surface area contributed by atoms with E-state index >= 15 is 0 Å². The first-order chi connectivity index (χ1) is 14.0. The maximum absolute atomic E-state index is 13.2. The van der Waals surface area contributed by atoms with E-state index in [-0.39, 0.29) is 16.8 Å². The Morgan fingerprint density at radius 2 is 1.93 bits per heavy atom. The van der Waals surface area contributed by atoms with Crippen molar-refractivity contribution in [1.82, 2.24) is 4.90 Å². The molecule has 1 aliphatic rings. The lowest BCUT2D eigenvalue weighted by atomic mass is 10.1. The summed E-state index contributed by atoms with van der Waals surface area (Å²) < 4.78 is 16.9. The molecule has 3 aromatic rings. The monoisotopic (exact) mass is 475 g/mol. The van der Waals surface area contributed by atoms with Crippen molar-refractivity contribution in [3.63, 3.8) is 0 Å². The molecule has 29 heavy (non-hydrogen) atoms. The number of methoxy groups -OCH3 is 2. The smallest absolute Gasteiger partial charge is 0.349 e. The fraction of sp³-hybridized carbons (Fsp3) is 0.238. The first kappa shape index (κ1) is 19.8. The van der Waals surface area contributed by atoms with Crippen molar-refractivity contribution in [1.29, 1.82) is 0 Å². The van der Waals surface area contributed by atoms with Gasteiger partial charge in [0.25, 0.3) is 5.91 Å². The van der Waals surface area contributed by atoms with Crippen molar-refractivity contribution in [2.24, 2.45) is 0 Å². The number of thioether (sulfide) groups is 1. The summed E-state index contributed by atoms with van der Waals surface area (Å²) in [6, 6.07) is 12.5. The highest BCUT2D eigenvalue weighted by molar-refractivity contribution is 9.10. The van der Waals surface area contributed by atoms with Crippen LogP contribution < -0.4 is 15.1 Å². The standard InChI is InChI=1S/C21H18BrNO5S/c1-26-17-5-3-12(11-18(17)27-2)20-23(7-8-29-20)19(24)15-10-13-9-14(22)4-6-16(13)28-21(15)25/h3-6,9-11,20H,7-8H2,1-2H3. The molecule has 0 N–H and O–H groups in total. The van der Waals surface area contributed by atoms with Crippen LogP contribution in [0.1, 0.15) is 21.3 Å². The van der Waals surface area contributed by atoms with Crippen molar-refractivity contribution in [3.05, 3.63) is 68.5 Å². The Hall–Kier alpha value is -2.45. The number of ether oxygens (including phenoxy) is 2. The summed E-state index contributed by atoms with van der Waals surface area (Å²) in [6.07, 6.45) is 0. The summed E-state index contributed by atoms with van der Waals surface area (Å²) in [7, 11) is 3.15. The zero-order valence-corrected chi connectivity index (χ0v) is 18.2. The van der Waals surface area contributed by atoms with Crippen molar-refractivity contribution < 1.29 is 18.7 Å². The van der Waals surface area contributed by atoms with Crippen LogP contribution in [0.4, 0.5) is 0 Å². The van der Waals surface area contributed by atoms with Crippen LogP contribution in [-0.2, 0) is 0 Å². The minimum Gasteiger partial charge on any atom is -0.493 e. The van der Waals surface area contributed by atoms with E-state index in [1.165, 1.54) is 0 Å². The molecule has 1 fully saturated rings. The Kier molecular flexibility index (Phi) is 5.56. The Morgan fingerprint density at radius 3 is 2.69 bits per heavy atom. The van der Waals surface area contributed by atoms with Gasteiger partial charge in [0.15, 0.2) is 11.5 Å². The second-order valence-corrected chi connectivity index (χ2v) is 8.57. The highest BCUT2D eigenvalue weighted by atomic mass is 79.9. The fourth-order valence-corrected chi connectivity index (χ4v) is 4.98. The van der Waals surface area contributed by atoms with E-state index in [1.54, 1.807) is 49.1 Å². The number of hydrogen-bond donors (Lipinski definition) is 0. The molecule has 1 amide bonds. The molecular weight excluding hydrogens is 458 g/mol.